The number of carboxylic acids is 1. The lowest BCUT2D eigenvalue weighted by molar-refractivity contribution is -0.274. The number of fused-ring (bicyclic) bond motifs is 1. The Balaban J connectivity index is 1.85. The van der Waals surface area contributed by atoms with Gasteiger partial charge in [-0.25, -0.2) is 4.79 Å². The predicted octanol–water partition coefficient (Wildman–Crippen LogP) is 5.32. The fourth-order valence-corrected chi connectivity index (χ4v) is 3.43. The van der Waals surface area contributed by atoms with E-state index in [4.69, 9.17) is 9.15 Å². The van der Waals surface area contributed by atoms with Crippen LogP contribution in [0.2, 0.25) is 0 Å². The molecule has 184 valence electrons. The van der Waals surface area contributed by atoms with Gasteiger partial charge in [0.2, 0.25) is 5.76 Å². The highest BCUT2D eigenvalue weighted by Crippen LogP contribution is 2.33. The van der Waals surface area contributed by atoms with Gasteiger partial charge in [-0.1, -0.05) is 12.1 Å². The van der Waals surface area contributed by atoms with Crippen molar-refractivity contribution in [3.8, 4) is 22.6 Å². The standard InChI is InChI=1S/C25H16F3NO7/c1-34-16-7-5-13(6-8-16)23(31)29-19-11-15(14-3-2-4-17(9-14)36-25(26,27)28)10-18-20(30)12-21(24(32)33)35-22(18)19/h2-12H,1H3,(H,29,31)(H,32,33). The monoisotopic (exact) mass is 499 g/mol. The molecule has 0 atom stereocenters. The van der Waals surface area contributed by atoms with Crippen LogP contribution < -0.4 is 20.2 Å². The summed E-state index contributed by atoms with van der Waals surface area (Å²) in [6.45, 7) is 0. The first kappa shape index (κ1) is 24.3. The maximum atomic E-state index is 12.9. The van der Waals surface area contributed by atoms with E-state index in [2.05, 4.69) is 10.1 Å². The lowest BCUT2D eigenvalue weighted by atomic mass is 10.0. The van der Waals surface area contributed by atoms with Crippen LogP contribution in [0, 0.1) is 0 Å². The number of hydrogen-bond acceptors (Lipinski definition) is 6. The number of ether oxygens (including phenoxy) is 2. The van der Waals surface area contributed by atoms with E-state index in [9.17, 15) is 32.7 Å². The number of amides is 1. The molecule has 0 aliphatic carbocycles. The molecule has 0 saturated heterocycles. The average Bonchev–Trinajstić information content (AvgIpc) is 2.83. The number of hydrogen-bond donors (Lipinski definition) is 2. The maximum absolute atomic E-state index is 12.9. The summed E-state index contributed by atoms with van der Waals surface area (Å²) in [6.07, 6.45) is -4.91. The summed E-state index contributed by atoms with van der Waals surface area (Å²) in [4.78, 5) is 37.0. The number of alkyl halides is 3. The van der Waals surface area contributed by atoms with Gasteiger partial charge >= 0.3 is 12.3 Å². The first-order valence-electron chi connectivity index (χ1n) is 10.2. The van der Waals surface area contributed by atoms with Crippen molar-refractivity contribution in [1.82, 2.24) is 0 Å². The lowest BCUT2D eigenvalue weighted by Gasteiger charge is -2.13. The topological polar surface area (TPSA) is 115 Å². The number of carbonyl (C=O) groups excluding carboxylic acids is 1. The molecule has 11 heteroatoms. The van der Waals surface area contributed by atoms with E-state index in [1.165, 1.54) is 43.5 Å². The van der Waals surface area contributed by atoms with Gasteiger partial charge in [0.1, 0.15) is 11.5 Å². The van der Waals surface area contributed by atoms with E-state index in [1.807, 2.05) is 0 Å². The predicted molar refractivity (Wildman–Crippen MR) is 123 cm³/mol. The summed E-state index contributed by atoms with van der Waals surface area (Å²) in [5.74, 6) is -2.74. The molecule has 4 rings (SSSR count). The Hall–Kier alpha value is -4.80. The van der Waals surface area contributed by atoms with Crippen LogP contribution in [0.15, 0.2) is 75.9 Å². The normalized spacial score (nSPS) is 11.2. The Bertz CT molecular complexity index is 1530. The Morgan fingerprint density at radius 3 is 2.31 bits per heavy atom. The molecule has 1 amide bonds. The second kappa shape index (κ2) is 9.45. The van der Waals surface area contributed by atoms with Crippen molar-refractivity contribution in [3.63, 3.8) is 0 Å². The fraction of sp³-hybridized carbons (Fsp3) is 0.0800. The van der Waals surface area contributed by atoms with Gasteiger partial charge < -0.3 is 24.3 Å². The summed E-state index contributed by atoms with van der Waals surface area (Å²) < 4.78 is 52.4. The Labute approximate surface area is 200 Å². The van der Waals surface area contributed by atoms with Gasteiger partial charge in [-0.05, 0) is 59.7 Å². The number of rotatable bonds is 6. The van der Waals surface area contributed by atoms with Gasteiger partial charge in [-0.2, -0.15) is 0 Å². The van der Waals surface area contributed by atoms with Crippen LogP contribution in [0.4, 0.5) is 18.9 Å². The van der Waals surface area contributed by atoms with E-state index in [-0.39, 0.29) is 33.3 Å². The highest BCUT2D eigenvalue weighted by molar-refractivity contribution is 6.09. The van der Waals surface area contributed by atoms with Crippen molar-refractivity contribution in [1.29, 1.82) is 0 Å². The molecule has 36 heavy (non-hydrogen) atoms. The number of carbonyl (C=O) groups is 2. The van der Waals surface area contributed by atoms with Gasteiger partial charge in [0.25, 0.3) is 5.91 Å². The summed E-state index contributed by atoms with van der Waals surface area (Å²) >= 11 is 0. The second-order valence-electron chi connectivity index (χ2n) is 7.44. The van der Waals surface area contributed by atoms with Crippen LogP contribution in [0.5, 0.6) is 11.5 Å². The number of anilines is 1. The summed E-state index contributed by atoms with van der Waals surface area (Å²) in [5.41, 5.74) is -0.306. The third-order valence-electron chi connectivity index (χ3n) is 5.04. The lowest BCUT2D eigenvalue weighted by Crippen LogP contribution is -2.17. The minimum atomic E-state index is -4.91. The van der Waals surface area contributed by atoms with E-state index in [0.717, 1.165) is 18.2 Å². The molecule has 0 bridgehead atoms. The third-order valence-corrected chi connectivity index (χ3v) is 5.04. The molecule has 0 spiro atoms. The molecule has 0 saturated carbocycles. The van der Waals surface area contributed by atoms with Crippen molar-refractivity contribution in [2.75, 3.05) is 12.4 Å². The van der Waals surface area contributed by atoms with E-state index in [1.54, 1.807) is 12.1 Å². The van der Waals surface area contributed by atoms with Crippen LogP contribution in [-0.2, 0) is 0 Å². The van der Waals surface area contributed by atoms with Crippen LogP contribution in [0.25, 0.3) is 22.1 Å². The number of methoxy groups -OCH3 is 1. The third kappa shape index (κ3) is 5.30. The summed E-state index contributed by atoms with van der Waals surface area (Å²) in [5, 5.41) is 11.8. The molecular formula is C25H16F3NO7. The molecule has 2 N–H and O–H groups in total. The van der Waals surface area contributed by atoms with Crippen molar-refractivity contribution in [2.45, 2.75) is 6.36 Å². The maximum Gasteiger partial charge on any atom is 0.573 e. The molecule has 1 heterocycles. The number of carboxylic acid groups (broad SMARTS) is 1. The summed E-state index contributed by atoms with van der Waals surface area (Å²) in [7, 11) is 1.46. The van der Waals surface area contributed by atoms with Gasteiger partial charge in [0.15, 0.2) is 11.0 Å². The zero-order valence-electron chi connectivity index (χ0n) is 18.4. The van der Waals surface area contributed by atoms with Crippen LogP contribution in [0.1, 0.15) is 20.9 Å². The summed E-state index contributed by atoms with van der Waals surface area (Å²) in [6, 6.07) is 14.5. The molecule has 0 aliphatic rings. The molecule has 0 aliphatic heterocycles. The SMILES string of the molecule is COc1ccc(C(=O)Nc2cc(-c3cccc(OC(F)(F)F)c3)cc3c(=O)cc(C(=O)O)oc23)cc1. The highest BCUT2D eigenvalue weighted by atomic mass is 19.4. The molecule has 8 nitrogen and oxygen atoms in total. The minimum absolute atomic E-state index is 0.0642. The zero-order valence-corrected chi connectivity index (χ0v) is 18.4. The smallest absolute Gasteiger partial charge is 0.497 e. The molecular weight excluding hydrogens is 483 g/mol. The quantitative estimate of drug-likeness (QED) is 0.369. The highest BCUT2D eigenvalue weighted by Gasteiger charge is 2.31. The van der Waals surface area contributed by atoms with Crippen molar-refractivity contribution in [3.05, 3.63) is 88.3 Å². The first-order chi connectivity index (χ1) is 17.0. The van der Waals surface area contributed by atoms with Gasteiger partial charge in [0.05, 0.1) is 18.2 Å². The minimum Gasteiger partial charge on any atom is -0.497 e. The molecule has 4 aromatic rings. The molecule has 3 aromatic carbocycles. The molecule has 1 aromatic heterocycles. The second-order valence-corrected chi connectivity index (χ2v) is 7.44. The largest absolute Gasteiger partial charge is 0.573 e. The van der Waals surface area contributed by atoms with Crippen LogP contribution in [0.3, 0.4) is 0 Å². The Morgan fingerprint density at radius 2 is 1.67 bits per heavy atom. The average molecular weight is 499 g/mol. The van der Waals surface area contributed by atoms with Crippen LogP contribution >= 0.6 is 0 Å². The van der Waals surface area contributed by atoms with Crippen molar-refractivity contribution >= 4 is 28.5 Å². The molecule has 0 radical (unpaired) electrons. The van der Waals surface area contributed by atoms with Crippen molar-refractivity contribution < 1.29 is 41.8 Å². The van der Waals surface area contributed by atoms with Crippen LogP contribution in [-0.4, -0.2) is 30.5 Å². The van der Waals surface area contributed by atoms with E-state index in [0.29, 0.717) is 5.75 Å². The number of nitrogens with one attached hydrogen (secondary N) is 1. The first-order valence-corrected chi connectivity index (χ1v) is 10.2. The molecule has 0 fully saturated rings. The Morgan fingerprint density at radius 1 is 0.944 bits per heavy atom. The van der Waals surface area contributed by atoms with Gasteiger partial charge in [-0.3, -0.25) is 9.59 Å². The van der Waals surface area contributed by atoms with Crippen molar-refractivity contribution in [2.24, 2.45) is 0 Å². The zero-order chi connectivity index (χ0) is 26.0. The van der Waals surface area contributed by atoms with Gasteiger partial charge in [-0.15, -0.1) is 13.2 Å². The Kier molecular flexibility index (Phi) is 6.39. The van der Waals surface area contributed by atoms with Gasteiger partial charge in [0, 0.05) is 11.6 Å². The fourth-order valence-electron chi connectivity index (χ4n) is 3.43. The van der Waals surface area contributed by atoms with E-state index < -0.39 is 35.2 Å². The number of aromatic carboxylic acids is 1. The number of benzene rings is 3. The number of halogens is 3. The molecule has 0 unspecified atom stereocenters. The van der Waals surface area contributed by atoms with E-state index >= 15 is 0 Å².